The predicted octanol–water partition coefficient (Wildman–Crippen LogP) is 4.64. The molecule has 1 rings (SSSR count). The van der Waals surface area contributed by atoms with Gasteiger partial charge < -0.3 is 29.2 Å². The van der Waals surface area contributed by atoms with E-state index < -0.39 is 11.9 Å². The highest BCUT2D eigenvalue weighted by Crippen LogP contribution is 2.29. The van der Waals surface area contributed by atoms with Crippen LogP contribution in [0.1, 0.15) is 79.5 Å². The molecule has 8 heteroatoms. The van der Waals surface area contributed by atoms with E-state index in [-0.39, 0.29) is 42.4 Å². The fourth-order valence-corrected chi connectivity index (χ4v) is 2.89. The van der Waals surface area contributed by atoms with E-state index in [1.165, 1.54) is 37.8 Å². The maximum Gasteiger partial charge on any atom is 0.339 e. The average molecular weight is 441 g/mol. The Hall–Kier alpha value is -2.32. The van der Waals surface area contributed by atoms with E-state index in [0.717, 1.165) is 19.3 Å². The van der Waals surface area contributed by atoms with E-state index in [2.05, 4.69) is 6.92 Å². The molecule has 0 aliphatic heterocycles. The van der Waals surface area contributed by atoms with Crippen molar-refractivity contribution in [2.24, 2.45) is 0 Å². The molecule has 0 aromatic heterocycles. The van der Waals surface area contributed by atoms with Crippen molar-refractivity contribution in [1.29, 1.82) is 0 Å². The Labute approximate surface area is 184 Å². The van der Waals surface area contributed by atoms with Gasteiger partial charge in [-0.15, -0.1) is 0 Å². The van der Waals surface area contributed by atoms with E-state index in [4.69, 9.17) is 18.9 Å². The molecule has 176 valence electrons. The second-order valence-corrected chi connectivity index (χ2v) is 7.14. The number of unbranched alkanes of at least 4 members (excludes halogenated alkanes) is 5. The van der Waals surface area contributed by atoms with Gasteiger partial charge >= 0.3 is 11.9 Å². The van der Waals surface area contributed by atoms with E-state index >= 15 is 0 Å². The van der Waals surface area contributed by atoms with Gasteiger partial charge in [0, 0.05) is 13.2 Å². The molecule has 8 nitrogen and oxygen atoms in total. The molecule has 0 saturated carbocycles. The van der Waals surface area contributed by atoms with Crippen LogP contribution in [0.4, 0.5) is 0 Å². The molecular formula is C23H36O8. The van der Waals surface area contributed by atoms with Gasteiger partial charge in [0.1, 0.15) is 35.8 Å². The van der Waals surface area contributed by atoms with Gasteiger partial charge in [-0.2, -0.15) is 0 Å². The van der Waals surface area contributed by atoms with Crippen LogP contribution in [0.3, 0.4) is 0 Å². The smallest absolute Gasteiger partial charge is 0.339 e. The summed E-state index contributed by atoms with van der Waals surface area (Å²) in [6.45, 7) is 6.17. The summed E-state index contributed by atoms with van der Waals surface area (Å²) in [6, 6.07) is 2.36. The summed E-state index contributed by atoms with van der Waals surface area (Å²) in [6.07, 6.45) is 7.88. The third-order valence-electron chi connectivity index (χ3n) is 4.50. The van der Waals surface area contributed by atoms with Crippen LogP contribution in [0.2, 0.25) is 0 Å². The number of aromatic carboxylic acids is 2. The third-order valence-corrected chi connectivity index (χ3v) is 4.50. The zero-order valence-corrected chi connectivity index (χ0v) is 18.7. The van der Waals surface area contributed by atoms with Crippen LogP contribution in [-0.4, -0.2) is 61.8 Å². The van der Waals surface area contributed by atoms with Crippen molar-refractivity contribution in [3.8, 4) is 11.5 Å². The fraction of sp³-hybridized carbons (Fsp3) is 0.652. The average Bonchev–Trinajstić information content (AvgIpc) is 2.74. The molecule has 0 atom stereocenters. The summed E-state index contributed by atoms with van der Waals surface area (Å²) >= 11 is 0. The molecule has 0 heterocycles. The molecule has 1 aromatic carbocycles. The number of rotatable bonds is 19. The first kappa shape index (κ1) is 26.7. The number of ether oxygens (including phenoxy) is 4. The van der Waals surface area contributed by atoms with Crippen molar-refractivity contribution in [1.82, 2.24) is 0 Å². The van der Waals surface area contributed by atoms with Gasteiger partial charge in [-0.1, -0.05) is 46.0 Å². The molecule has 0 saturated heterocycles. The second kappa shape index (κ2) is 16.4. The Balaban J connectivity index is 2.57. The highest BCUT2D eigenvalue weighted by atomic mass is 16.5. The standard InChI is InChI=1S/C23H36O8/c1-3-5-6-7-8-9-11-29-13-15-31-21-17-18(22(24)25)20(16-19(21)23(26)27)30-14-12-28-10-4-2/h16-17H,3-15H2,1-2H3,(H,24,25)(H,26,27). The molecule has 0 aliphatic carbocycles. The number of carboxylic acids is 2. The lowest BCUT2D eigenvalue weighted by molar-refractivity contribution is 0.0662. The maximum atomic E-state index is 11.6. The minimum atomic E-state index is -1.23. The zero-order valence-electron chi connectivity index (χ0n) is 18.7. The van der Waals surface area contributed by atoms with Crippen molar-refractivity contribution in [3.05, 3.63) is 23.3 Å². The normalized spacial score (nSPS) is 10.8. The van der Waals surface area contributed by atoms with Crippen molar-refractivity contribution < 1.29 is 38.7 Å². The Morgan fingerprint density at radius 2 is 1.13 bits per heavy atom. The minimum absolute atomic E-state index is 0.0253. The summed E-state index contributed by atoms with van der Waals surface area (Å²) in [4.78, 5) is 23.2. The lowest BCUT2D eigenvalue weighted by Gasteiger charge is -2.14. The van der Waals surface area contributed by atoms with E-state index in [9.17, 15) is 19.8 Å². The highest BCUT2D eigenvalue weighted by molar-refractivity contribution is 5.97. The van der Waals surface area contributed by atoms with Crippen LogP contribution in [0.15, 0.2) is 12.1 Å². The number of carboxylic acid groups (broad SMARTS) is 2. The predicted molar refractivity (Wildman–Crippen MR) is 117 cm³/mol. The molecule has 1 aromatic rings. The molecule has 2 N–H and O–H groups in total. The molecule has 0 unspecified atom stereocenters. The van der Waals surface area contributed by atoms with Gasteiger partial charge in [0.2, 0.25) is 0 Å². The van der Waals surface area contributed by atoms with Crippen LogP contribution in [0.5, 0.6) is 11.5 Å². The molecule has 0 aliphatic rings. The van der Waals surface area contributed by atoms with Crippen LogP contribution in [0, 0.1) is 0 Å². The molecule has 0 bridgehead atoms. The molecular weight excluding hydrogens is 404 g/mol. The van der Waals surface area contributed by atoms with E-state index in [1.807, 2.05) is 6.92 Å². The lowest BCUT2D eigenvalue weighted by Crippen LogP contribution is -2.14. The number of benzene rings is 1. The summed E-state index contributed by atoms with van der Waals surface area (Å²) < 4.78 is 21.8. The minimum Gasteiger partial charge on any atom is -0.490 e. The highest BCUT2D eigenvalue weighted by Gasteiger charge is 2.21. The number of hydrogen-bond donors (Lipinski definition) is 2. The fourth-order valence-electron chi connectivity index (χ4n) is 2.89. The summed E-state index contributed by atoms with van der Waals surface area (Å²) in [5, 5.41) is 19.0. The number of carbonyl (C=O) groups is 2. The van der Waals surface area contributed by atoms with Gasteiger partial charge in [-0.3, -0.25) is 0 Å². The van der Waals surface area contributed by atoms with Crippen molar-refractivity contribution >= 4 is 11.9 Å². The van der Waals surface area contributed by atoms with Crippen LogP contribution in [-0.2, 0) is 9.47 Å². The monoisotopic (exact) mass is 440 g/mol. The van der Waals surface area contributed by atoms with Crippen LogP contribution >= 0.6 is 0 Å². The van der Waals surface area contributed by atoms with Gasteiger partial charge in [0.05, 0.1) is 13.2 Å². The SMILES string of the molecule is CCCCCCCCOCCOc1cc(C(=O)O)c(OCCOCCC)cc1C(=O)O. The maximum absolute atomic E-state index is 11.6. The first-order valence-electron chi connectivity index (χ1n) is 11.1. The zero-order chi connectivity index (χ0) is 22.9. The Morgan fingerprint density at radius 1 is 0.645 bits per heavy atom. The van der Waals surface area contributed by atoms with Crippen molar-refractivity contribution in [3.63, 3.8) is 0 Å². The van der Waals surface area contributed by atoms with Gasteiger partial charge in [-0.25, -0.2) is 9.59 Å². The molecule has 0 fully saturated rings. The quantitative estimate of drug-likeness (QED) is 0.299. The molecule has 31 heavy (non-hydrogen) atoms. The van der Waals surface area contributed by atoms with Crippen molar-refractivity contribution in [2.45, 2.75) is 58.8 Å². The lowest BCUT2D eigenvalue weighted by atomic mass is 10.1. The summed E-state index contributed by atoms with van der Waals surface area (Å²) in [7, 11) is 0. The van der Waals surface area contributed by atoms with Crippen LogP contribution < -0.4 is 9.47 Å². The first-order valence-corrected chi connectivity index (χ1v) is 11.1. The third kappa shape index (κ3) is 11.0. The first-order chi connectivity index (χ1) is 15.0. The summed E-state index contributed by atoms with van der Waals surface area (Å²) in [5.74, 6) is -2.52. The Bertz CT molecular complexity index is 659. The summed E-state index contributed by atoms with van der Waals surface area (Å²) in [5.41, 5.74) is -0.325. The Morgan fingerprint density at radius 3 is 1.61 bits per heavy atom. The van der Waals surface area contributed by atoms with E-state index in [0.29, 0.717) is 19.8 Å². The molecule has 0 radical (unpaired) electrons. The van der Waals surface area contributed by atoms with Gasteiger partial charge in [-0.05, 0) is 25.0 Å². The molecule has 0 amide bonds. The largest absolute Gasteiger partial charge is 0.490 e. The van der Waals surface area contributed by atoms with Crippen molar-refractivity contribution in [2.75, 3.05) is 39.6 Å². The van der Waals surface area contributed by atoms with Gasteiger partial charge in [0.15, 0.2) is 0 Å². The Kier molecular flexibility index (Phi) is 14.1. The van der Waals surface area contributed by atoms with Crippen LogP contribution in [0.25, 0.3) is 0 Å². The number of hydrogen-bond acceptors (Lipinski definition) is 6. The van der Waals surface area contributed by atoms with E-state index in [1.54, 1.807) is 0 Å². The van der Waals surface area contributed by atoms with Gasteiger partial charge in [0.25, 0.3) is 0 Å². The second-order valence-electron chi connectivity index (χ2n) is 7.14. The molecule has 0 spiro atoms. The topological polar surface area (TPSA) is 112 Å².